The third-order valence-electron chi connectivity index (χ3n) is 5.49. The summed E-state index contributed by atoms with van der Waals surface area (Å²) in [6, 6.07) is 7.13. The van der Waals surface area contributed by atoms with Crippen LogP contribution in [0.15, 0.2) is 35.0 Å². The van der Waals surface area contributed by atoms with E-state index in [0.717, 1.165) is 30.5 Å². The average molecular weight is 396 g/mol. The van der Waals surface area contributed by atoms with Crippen molar-refractivity contribution in [3.63, 3.8) is 0 Å². The van der Waals surface area contributed by atoms with Crippen LogP contribution in [0.4, 0.5) is 5.69 Å². The lowest BCUT2D eigenvalue weighted by molar-refractivity contribution is 0.0692. The number of aromatic carboxylic acids is 1. The van der Waals surface area contributed by atoms with Gasteiger partial charge < -0.3 is 15.2 Å². The first-order valence-corrected chi connectivity index (χ1v) is 9.96. The van der Waals surface area contributed by atoms with Crippen LogP contribution >= 0.6 is 11.3 Å². The first-order chi connectivity index (χ1) is 13.4. The Balaban J connectivity index is 1.94. The number of carboxylic acid groups (broad SMARTS) is 1. The molecule has 0 atom stereocenters. The third-order valence-corrected chi connectivity index (χ3v) is 6.17. The molecule has 0 unspecified atom stereocenters. The van der Waals surface area contributed by atoms with Crippen LogP contribution in [-0.4, -0.2) is 29.1 Å². The Bertz CT molecular complexity index is 1070. The van der Waals surface area contributed by atoms with Gasteiger partial charge in [0.05, 0.1) is 23.9 Å². The fourth-order valence-corrected chi connectivity index (χ4v) is 4.36. The van der Waals surface area contributed by atoms with Gasteiger partial charge in [-0.05, 0) is 41.3 Å². The molecule has 0 saturated heterocycles. The van der Waals surface area contributed by atoms with Gasteiger partial charge in [-0.15, -0.1) is 0 Å². The number of carbonyl (C=O) groups is 2. The number of anilines is 1. The molecule has 1 saturated carbocycles. The number of rotatable bonds is 5. The van der Waals surface area contributed by atoms with Gasteiger partial charge in [0.15, 0.2) is 0 Å². The van der Waals surface area contributed by atoms with Crippen molar-refractivity contribution in [2.24, 2.45) is 0 Å². The van der Waals surface area contributed by atoms with E-state index in [-0.39, 0.29) is 22.8 Å². The summed E-state index contributed by atoms with van der Waals surface area (Å²) in [6.07, 6.45) is 3.12. The van der Waals surface area contributed by atoms with Crippen molar-refractivity contribution in [2.75, 3.05) is 12.4 Å². The van der Waals surface area contributed by atoms with Crippen LogP contribution in [0.1, 0.15) is 52.5 Å². The number of carbonyl (C=O) groups excluding carboxylic acids is 1. The Labute approximate surface area is 166 Å². The van der Waals surface area contributed by atoms with Crippen LogP contribution in [0.5, 0.6) is 5.88 Å². The molecule has 2 heterocycles. The second-order valence-corrected chi connectivity index (χ2v) is 8.07. The molecule has 1 aliphatic rings. The normalized spacial score (nSPS) is 15.1. The second-order valence-electron chi connectivity index (χ2n) is 7.29. The molecule has 1 aliphatic carbocycles. The van der Waals surface area contributed by atoms with Gasteiger partial charge in [-0.2, -0.15) is 11.3 Å². The van der Waals surface area contributed by atoms with Gasteiger partial charge >= 0.3 is 5.97 Å². The minimum absolute atomic E-state index is 0.000459. The maximum Gasteiger partial charge on any atom is 0.341 e. The SMILES string of the molecule is COc1nc2c(C(=O)Nc3ccsc3)c(C3(C)CCC3)ccc2cc1C(=O)O. The smallest absolute Gasteiger partial charge is 0.341 e. The van der Waals surface area contributed by atoms with E-state index in [1.54, 1.807) is 0 Å². The maximum absolute atomic E-state index is 13.2. The van der Waals surface area contributed by atoms with Crippen molar-refractivity contribution >= 4 is 39.8 Å². The Hall–Kier alpha value is -2.93. The van der Waals surface area contributed by atoms with Crippen molar-refractivity contribution in [3.05, 3.63) is 51.7 Å². The van der Waals surface area contributed by atoms with Gasteiger partial charge in [-0.3, -0.25) is 4.79 Å². The van der Waals surface area contributed by atoms with E-state index in [2.05, 4.69) is 17.2 Å². The van der Waals surface area contributed by atoms with Crippen LogP contribution in [-0.2, 0) is 5.41 Å². The molecule has 1 amide bonds. The number of hydrogen-bond donors (Lipinski definition) is 2. The highest BCUT2D eigenvalue weighted by atomic mass is 32.1. The molecule has 6 nitrogen and oxygen atoms in total. The molecule has 0 bridgehead atoms. The summed E-state index contributed by atoms with van der Waals surface area (Å²) in [5.74, 6) is -1.36. The number of fused-ring (bicyclic) bond motifs is 1. The van der Waals surface area contributed by atoms with E-state index in [4.69, 9.17) is 4.74 Å². The molecule has 4 rings (SSSR count). The highest BCUT2D eigenvalue weighted by Crippen LogP contribution is 2.46. The average Bonchev–Trinajstić information content (AvgIpc) is 3.16. The summed E-state index contributed by atoms with van der Waals surface area (Å²) in [6.45, 7) is 2.15. The fourth-order valence-electron chi connectivity index (χ4n) is 3.77. The zero-order valence-electron chi connectivity index (χ0n) is 15.6. The van der Waals surface area contributed by atoms with E-state index < -0.39 is 5.97 Å². The molecule has 2 N–H and O–H groups in total. The number of carboxylic acids is 1. The van der Waals surface area contributed by atoms with Crippen molar-refractivity contribution in [1.29, 1.82) is 0 Å². The van der Waals surface area contributed by atoms with Gasteiger partial charge in [0.2, 0.25) is 5.88 Å². The number of benzene rings is 1. The summed E-state index contributed by atoms with van der Waals surface area (Å²) < 4.78 is 5.20. The van der Waals surface area contributed by atoms with E-state index in [1.165, 1.54) is 24.5 Å². The predicted molar refractivity (Wildman–Crippen MR) is 109 cm³/mol. The van der Waals surface area contributed by atoms with Gasteiger partial charge in [-0.1, -0.05) is 25.5 Å². The lowest BCUT2D eigenvalue weighted by atomic mass is 9.64. The number of methoxy groups -OCH3 is 1. The van der Waals surface area contributed by atoms with Gasteiger partial charge in [0.25, 0.3) is 5.91 Å². The molecule has 0 radical (unpaired) electrons. The number of nitrogens with zero attached hydrogens (tertiary/aromatic N) is 1. The second kappa shape index (κ2) is 6.91. The summed E-state index contributed by atoms with van der Waals surface area (Å²) in [5.41, 5.74) is 2.50. The molecular weight excluding hydrogens is 376 g/mol. The molecule has 2 aromatic heterocycles. The monoisotopic (exact) mass is 396 g/mol. The Morgan fingerprint density at radius 2 is 2.07 bits per heavy atom. The first-order valence-electron chi connectivity index (χ1n) is 9.02. The van der Waals surface area contributed by atoms with Crippen molar-refractivity contribution in [1.82, 2.24) is 4.98 Å². The van der Waals surface area contributed by atoms with Gasteiger partial charge in [0, 0.05) is 10.8 Å². The molecule has 0 aliphatic heterocycles. The maximum atomic E-state index is 13.2. The molecular formula is C21H20N2O4S. The quantitative estimate of drug-likeness (QED) is 0.653. The molecule has 3 aromatic rings. The lowest BCUT2D eigenvalue weighted by Crippen LogP contribution is -2.33. The van der Waals surface area contributed by atoms with Crippen LogP contribution < -0.4 is 10.1 Å². The minimum Gasteiger partial charge on any atom is -0.480 e. The number of pyridine rings is 1. The predicted octanol–water partition coefficient (Wildman–Crippen LogP) is 4.70. The Morgan fingerprint density at radius 3 is 2.64 bits per heavy atom. The van der Waals surface area contributed by atoms with Crippen LogP contribution in [0.3, 0.4) is 0 Å². The number of hydrogen-bond acceptors (Lipinski definition) is 5. The standard InChI is InChI=1S/C21H20N2O4S/c1-21(7-3-8-21)15-5-4-12-10-14(20(25)26)19(27-2)23-17(12)16(15)18(24)22-13-6-9-28-11-13/h4-6,9-11H,3,7-8H2,1-2H3,(H,22,24)(H,25,26). The van der Waals surface area contributed by atoms with Crippen LogP contribution in [0.25, 0.3) is 10.9 Å². The summed E-state index contributed by atoms with van der Waals surface area (Å²) in [5, 5.41) is 16.7. The van der Waals surface area contributed by atoms with Crippen molar-refractivity contribution < 1.29 is 19.4 Å². The number of aromatic nitrogens is 1. The Morgan fingerprint density at radius 1 is 1.29 bits per heavy atom. The van der Waals surface area contributed by atoms with Gasteiger partial charge in [0.1, 0.15) is 5.56 Å². The number of nitrogens with one attached hydrogen (secondary N) is 1. The van der Waals surface area contributed by atoms with Gasteiger partial charge in [-0.25, -0.2) is 9.78 Å². The highest BCUT2D eigenvalue weighted by molar-refractivity contribution is 7.08. The zero-order valence-corrected chi connectivity index (χ0v) is 16.4. The lowest BCUT2D eigenvalue weighted by Gasteiger charge is -2.40. The van der Waals surface area contributed by atoms with Crippen molar-refractivity contribution in [2.45, 2.75) is 31.6 Å². The van der Waals surface area contributed by atoms with E-state index in [1.807, 2.05) is 29.0 Å². The highest BCUT2D eigenvalue weighted by Gasteiger charge is 2.37. The molecule has 28 heavy (non-hydrogen) atoms. The van der Waals surface area contributed by atoms with E-state index in [0.29, 0.717) is 16.5 Å². The van der Waals surface area contributed by atoms with Crippen LogP contribution in [0.2, 0.25) is 0 Å². The molecule has 0 spiro atoms. The molecule has 7 heteroatoms. The fraction of sp³-hybridized carbons (Fsp3) is 0.286. The largest absolute Gasteiger partial charge is 0.480 e. The third kappa shape index (κ3) is 3.01. The van der Waals surface area contributed by atoms with E-state index in [9.17, 15) is 14.7 Å². The summed E-state index contributed by atoms with van der Waals surface area (Å²) in [4.78, 5) is 29.2. The van der Waals surface area contributed by atoms with Crippen molar-refractivity contribution in [3.8, 4) is 5.88 Å². The molecule has 1 aromatic carbocycles. The van der Waals surface area contributed by atoms with Crippen LogP contribution in [0, 0.1) is 0 Å². The summed E-state index contributed by atoms with van der Waals surface area (Å²) >= 11 is 1.50. The molecule has 1 fully saturated rings. The van der Waals surface area contributed by atoms with E-state index >= 15 is 0 Å². The Kier molecular flexibility index (Phi) is 4.55. The minimum atomic E-state index is -1.12. The number of amides is 1. The topological polar surface area (TPSA) is 88.5 Å². The number of thiophene rings is 1. The molecule has 144 valence electrons. The number of ether oxygens (including phenoxy) is 1. The zero-order chi connectivity index (χ0) is 19.9. The summed E-state index contributed by atoms with van der Waals surface area (Å²) in [7, 11) is 1.38. The first kappa shape index (κ1) is 18.4.